The van der Waals surface area contributed by atoms with Crippen molar-refractivity contribution >= 4 is 16.7 Å². The molecule has 6 heteroatoms. The van der Waals surface area contributed by atoms with E-state index in [9.17, 15) is 14.0 Å². The van der Waals surface area contributed by atoms with Gasteiger partial charge in [0.2, 0.25) is 0 Å². The number of Topliss-reactive ketones (excluding diaryl/α,β-unsaturated/α-hetero) is 1. The summed E-state index contributed by atoms with van der Waals surface area (Å²) in [5.74, 6) is 0.128. The molecular formula is C28H29FN2O3. The van der Waals surface area contributed by atoms with Crippen LogP contribution >= 0.6 is 0 Å². The predicted octanol–water partition coefficient (Wildman–Crippen LogP) is 4.98. The summed E-state index contributed by atoms with van der Waals surface area (Å²) < 4.78 is 22.1. The smallest absolute Gasteiger partial charge is 0.254 e. The number of ether oxygens (including phenoxy) is 1. The predicted molar refractivity (Wildman–Crippen MR) is 129 cm³/mol. The summed E-state index contributed by atoms with van der Waals surface area (Å²) in [6.07, 6.45) is 6.03. The second-order valence-corrected chi connectivity index (χ2v) is 10.2. The Balaban J connectivity index is 1.61. The van der Waals surface area contributed by atoms with Gasteiger partial charge in [-0.15, -0.1) is 0 Å². The number of benzene rings is 1. The van der Waals surface area contributed by atoms with Crippen molar-refractivity contribution in [2.24, 2.45) is 5.92 Å². The average Bonchev–Trinajstić information content (AvgIpc) is 3.15. The average molecular weight is 461 g/mol. The van der Waals surface area contributed by atoms with E-state index < -0.39 is 6.10 Å². The number of rotatable bonds is 5. The van der Waals surface area contributed by atoms with Gasteiger partial charge >= 0.3 is 0 Å². The van der Waals surface area contributed by atoms with E-state index in [1.165, 1.54) is 32.1 Å². The van der Waals surface area contributed by atoms with E-state index in [1.807, 2.05) is 17.6 Å². The zero-order valence-electron chi connectivity index (χ0n) is 20.0. The maximum absolute atomic E-state index is 14.7. The third kappa shape index (κ3) is 3.04. The molecule has 5 nitrogen and oxygen atoms in total. The number of fused-ring (bicyclic) bond motifs is 4. The third-order valence-electron chi connectivity index (χ3n) is 8.27. The van der Waals surface area contributed by atoms with Crippen LogP contribution in [0.4, 0.5) is 4.39 Å². The maximum atomic E-state index is 14.7. The topological polar surface area (TPSA) is 61.2 Å². The van der Waals surface area contributed by atoms with Crippen molar-refractivity contribution in [1.82, 2.24) is 9.55 Å². The van der Waals surface area contributed by atoms with Crippen LogP contribution in [0.3, 0.4) is 0 Å². The number of carbonyl (C=O) groups is 1. The largest absolute Gasteiger partial charge is 0.369 e. The van der Waals surface area contributed by atoms with Crippen LogP contribution in [0.2, 0.25) is 0 Å². The first kappa shape index (κ1) is 21.7. The molecule has 2 aliphatic carbocycles. The second kappa shape index (κ2) is 7.84. The molecule has 34 heavy (non-hydrogen) atoms. The highest BCUT2D eigenvalue weighted by atomic mass is 19.1. The van der Waals surface area contributed by atoms with Gasteiger partial charge in [0.15, 0.2) is 5.78 Å². The number of hydrogen-bond donors (Lipinski definition) is 0. The van der Waals surface area contributed by atoms with Gasteiger partial charge < -0.3 is 9.30 Å². The summed E-state index contributed by atoms with van der Waals surface area (Å²) in [6.45, 7) is 3.83. The van der Waals surface area contributed by atoms with E-state index in [0.717, 1.165) is 54.3 Å². The van der Waals surface area contributed by atoms with Gasteiger partial charge in [0.25, 0.3) is 5.56 Å². The fraction of sp³-hybridized carbons (Fsp3) is 0.464. The molecule has 0 spiro atoms. The summed E-state index contributed by atoms with van der Waals surface area (Å²) in [6, 6.07) is 3.47. The SMILES string of the molecule is COC(C(C)=O)c1cc2n(c(=O)c1CC1CCC1)Cc1c-2nc2cc(F)c(C)c3c2c1CCC3. The van der Waals surface area contributed by atoms with E-state index in [-0.39, 0.29) is 17.2 Å². The Morgan fingerprint density at radius 1 is 1.21 bits per heavy atom. The van der Waals surface area contributed by atoms with Crippen molar-refractivity contribution in [2.75, 3.05) is 7.11 Å². The Morgan fingerprint density at radius 2 is 1.97 bits per heavy atom. The Morgan fingerprint density at radius 3 is 2.65 bits per heavy atom. The molecule has 2 aromatic heterocycles. The first-order valence-corrected chi connectivity index (χ1v) is 12.3. The summed E-state index contributed by atoms with van der Waals surface area (Å²) >= 11 is 0. The van der Waals surface area contributed by atoms with Crippen LogP contribution in [0.25, 0.3) is 22.3 Å². The quantitative estimate of drug-likeness (QED) is 0.421. The van der Waals surface area contributed by atoms with Crippen molar-refractivity contribution < 1.29 is 13.9 Å². The lowest BCUT2D eigenvalue weighted by atomic mass is 9.79. The molecule has 1 aromatic carbocycles. The van der Waals surface area contributed by atoms with Gasteiger partial charge in [-0.25, -0.2) is 9.37 Å². The Bertz CT molecular complexity index is 1430. The highest BCUT2D eigenvalue weighted by Gasteiger charge is 2.33. The summed E-state index contributed by atoms with van der Waals surface area (Å²) in [5, 5.41) is 1.07. The standard InChI is InChI=1S/C28H29FN2O3/c1-14-17-8-5-9-18-21-13-31-24(26(21)30-23(25(17)18)12-22(14)29)11-19(27(34-3)15(2)32)20(28(31)33)10-16-6-4-7-16/h11-12,16,27H,4-10,13H2,1-3H3. The first-order valence-electron chi connectivity index (χ1n) is 12.3. The Labute approximate surface area is 198 Å². The van der Waals surface area contributed by atoms with E-state index in [0.29, 0.717) is 46.8 Å². The van der Waals surface area contributed by atoms with Gasteiger partial charge in [0, 0.05) is 29.7 Å². The van der Waals surface area contributed by atoms with Crippen LogP contribution in [0, 0.1) is 18.7 Å². The molecule has 3 heterocycles. The lowest BCUT2D eigenvalue weighted by Gasteiger charge is -2.27. The lowest BCUT2D eigenvalue weighted by molar-refractivity contribution is -0.126. The van der Waals surface area contributed by atoms with Crippen LogP contribution in [0.15, 0.2) is 16.9 Å². The van der Waals surface area contributed by atoms with Crippen LogP contribution in [-0.4, -0.2) is 22.4 Å². The molecule has 1 aliphatic heterocycles. The van der Waals surface area contributed by atoms with E-state index in [1.54, 1.807) is 0 Å². The lowest BCUT2D eigenvalue weighted by Crippen LogP contribution is -2.30. The second-order valence-electron chi connectivity index (χ2n) is 10.2. The normalized spacial score (nSPS) is 17.4. The van der Waals surface area contributed by atoms with Crippen LogP contribution in [0.1, 0.15) is 72.1 Å². The van der Waals surface area contributed by atoms with Crippen molar-refractivity contribution in [1.29, 1.82) is 0 Å². The molecule has 3 aromatic rings. The van der Waals surface area contributed by atoms with E-state index in [2.05, 4.69) is 0 Å². The highest BCUT2D eigenvalue weighted by molar-refractivity contribution is 5.92. The number of aromatic nitrogens is 2. The van der Waals surface area contributed by atoms with Crippen molar-refractivity contribution in [3.63, 3.8) is 0 Å². The minimum Gasteiger partial charge on any atom is -0.369 e. The molecule has 176 valence electrons. The van der Waals surface area contributed by atoms with Crippen molar-refractivity contribution in [3.05, 3.63) is 61.7 Å². The van der Waals surface area contributed by atoms with E-state index in [4.69, 9.17) is 9.72 Å². The number of methoxy groups -OCH3 is 1. The van der Waals surface area contributed by atoms with Gasteiger partial charge in [0.05, 0.1) is 23.4 Å². The van der Waals surface area contributed by atoms with Crippen LogP contribution in [0.5, 0.6) is 0 Å². The number of hydrogen-bond acceptors (Lipinski definition) is 4. The zero-order valence-corrected chi connectivity index (χ0v) is 20.0. The molecular weight excluding hydrogens is 431 g/mol. The van der Waals surface area contributed by atoms with Gasteiger partial charge in [-0.2, -0.15) is 0 Å². The summed E-state index contributed by atoms with van der Waals surface area (Å²) in [5.41, 5.74) is 7.45. The van der Waals surface area contributed by atoms with Gasteiger partial charge in [0.1, 0.15) is 11.9 Å². The number of nitrogens with zero attached hydrogens (tertiary/aromatic N) is 2. The maximum Gasteiger partial charge on any atom is 0.254 e. The van der Waals surface area contributed by atoms with Crippen LogP contribution < -0.4 is 5.56 Å². The minimum absolute atomic E-state index is 0.0460. The summed E-state index contributed by atoms with van der Waals surface area (Å²) in [4.78, 5) is 31.2. The third-order valence-corrected chi connectivity index (χ3v) is 8.27. The molecule has 3 aliphatic rings. The molecule has 0 saturated heterocycles. The van der Waals surface area contributed by atoms with Gasteiger partial charge in [-0.3, -0.25) is 9.59 Å². The number of aryl methyl sites for hydroxylation is 2. The Hall–Kier alpha value is -2.86. The van der Waals surface area contributed by atoms with Crippen molar-refractivity contribution in [3.8, 4) is 11.4 Å². The van der Waals surface area contributed by atoms with E-state index >= 15 is 0 Å². The molecule has 0 amide bonds. The van der Waals surface area contributed by atoms with Gasteiger partial charge in [-0.1, -0.05) is 19.3 Å². The first-order chi connectivity index (χ1) is 16.4. The Kier molecular flexibility index (Phi) is 4.99. The molecule has 0 bridgehead atoms. The molecule has 1 unspecified atom stereocenters. The van der Waals surface area contributed by atoms with Crippen molar-refractivity contribution in [2.45, 2.75) is 71.4 Å². The monoisotopic (exact) mass is 460 g/mol. The zero-order chi connectivity index (χ0) is 23.7. The molecule has 0 N–H and O–H groups in total. The fourth-order valence-electron chi connectivity index (χ4n) is 6.26. The molecule has 1 saturated carbocycles. The molecule has 1 fully saturated rings. The number of carbonyl (C=O) groups excluding carboxylic acids is 1. The highest BCUT2D eigenvalue weighted by Crippen LogP contribution is 2.42. The minimum atomic E-state index is -0.775. The molecule has 6 rings (SSSR count). The van der Waals surface area contributed by atoms with Crippen LogP contribution in [-0.2, 0) is 35.3 Å². The fourth-order valence-corrected chi connectivity index (χ4v) is 6.26. The number of halogens is 1. The van der Waals surface area contributed by atoms with Gasteiger partial charge in [-0.05, 0) is 73.8 Å². The number of ketones is 1. The molecule has 1 atom stereocenters. The molecule has 0 radical (unpaired) electrons. The summed E-state index contributed by atoms with van der Waals surface area (Å²) in [7, 11) is 1.51. The number of pyridine rings is 2.